The lowest BCUT2D eigenvalue weighted by molar-refractivity contribution is -0.359. The number of hydrogen-bond donors (Lipinski definition) is 0. The fraction of sp³-hybridized carbons (Fsp3) is 0.579. The standard InChI is InChI=1S/C19H24O8/c1-10-5-7-13(8-6-10)18-23-9-14-15(27-18)16(24-11(2)20)17(25-12(3)21)19(22-4)26-14/h5-8,14-19H,9H2,1-4H3/t14-,15-,16+,17-,18?,19-/m1/s1. The summed E-state index contributed by atoms with van der Waals surface area (Å²) in [4.78, 5) is 23.2. The number of carbonyl (C=O) groups is 2. The summed E-state index contributed by atoms with van der Waals surface area (Å²) >= 11 is 0. The van der Waals surface area contributed by atoms with Crippen molar-refractivity contribution in [3.8, 4) is 0 Å². The zero-order valence-corrected chi connectivity index (χ0v) is 15.7. The molecule has 1 aromatic rings. The van der Waals surface area contributed by atoms with E-state index >= 15 is 0 Å². The number of carbonyl (C=O) groups excluding carboxylic acids is 2. The van der Waals surface area contributed by atoms with E-state index < -0.39 is 48.9 Å². The molecule has 2 fully saturated rings. The van der Waals surface area contributed by atoms with Gasteiger partial charge in [0.1, 0.15) is 12.2 Å². The second kappa shape index (κ2) is 8.35. The molecule has 6 atom stereocenters. The van der Waals surface area contributed by atoms with E-state index in [1.54, 1.807) is 0 Å². The Balaban J connectivity index is 1.85. The first kappa shape index (κ1) is 19.8. The molecule has 0 aliphatic carbocycles. The third kappa shape index (κ3) is 4.47. The van der Waals surface area contributed by atoms with Gasteiger partial charge >= 0.3 is 11.9 Å². The van der Waals surface area contributed by atoms with E-state index in [1.807, 2.05) is 31.2 Å². The summed E-state index contributed by atoms with van der Waals surface area (Å²) in [5.41, 5.74) is 1.95. The third-order valence-corrected chi connectivity index (χ3v) is 4.47. The Morgan fingerprint density at radius 1 is 1.00 bits per heavy atom. The lowest BCUT2D eigenvalue weighted by Gasteiger charge is -2.47. The maximum Gasteiger partial charge on any atom is 0.303 e. The highest BCUT2D eigenvalue weighted by molar-refractivity contribution is 5.67. The fourth-order valence-electron chi connectivity index (χ4n) is 3.27. The highest BCUT2D eigenvalue weighted by Crippen LogP contribution is 2.36. The lowest BCUT2D eigenvalue weighted by Crippen LogP contribution is -2.64. The van der Waals surface area contributed by atoms with E-state index in [1.165, 1.54) is 21.0 Å². The number of ether oxygens (including phenoxy) is 6. The van der Waals surface area contributed by atoms with Crippen molar-refractivity contribution in [3.05, 3.63) is 35.4 Å². The molecular formula is C19H24O8. The summed E-state index contributed by atoms with van der Waals surface area (Å²) in [7, 11) is 1.42. The molecule has 0 aromatic heterocycles. The number of benzene rings is 1. The minimum absolute atomic E-state index is 0.216. The molecule has 0 bridgehead atoms. The summed E-state index contributed by atoms with van der Waals surface area (Å²) in [6.45, 7) is 4.76. The Morgan fingerprint density at radius 3 is 2.22 bits per heavy atom. The minimum Gasteiger partial charge on any atom is -0.455 e. The maximum absolute atomic E-state index is 11.7. The molecule has 1 aromatic carbocycles. The zero-order chi connectivity index (χ0) is 19.6. The fourth-order valence-corrected chi connectivity index (χ4v) is 3.27. The van der Waals surface area contributed by atoms with Crippen molar-refractivity contribution >= 4 is 11.9 Å². The van der Waals surface area contributed by atoms with Crippen LogP contribution in [0, 0.1) is 6.92 Å². The average Bonchev–Trinajstić information content (AvgIpc) is 2.63. The Kier molecular flexibility index (Phi) is 6.11. The van der Waals surface area contributed by atoms with Crippen LogP contribution in [-0.4, -0.2) is 56.4 Å². The van der Waals surface area contributed by atoms with Gasteiger partial charge < -0.3 is 28.4 Å². The van der Waals surface area contributed by atoms with Gasteiger partial charge in [-0.25, -0.2) is 0 Å². The van der Waals surface area contributed by atoms with Gasteiger partial charge in [-0.05, 0) is 6.92 Å². The predicted octanol–water partition coefficient (Wildman–Crippen LogP) is 1.64. The summed E-state index contributed by atoms with van der Waals surface area (Å²) in [5, 5.41) is 0. The van der Waals surface area contributed by atoms with Crippen LogP contribution < -0.4 is 0 Å². The van der Waals surface area contributed by atoms with E-state index in [0.29, 0.717) is 0 Å². The van der Waals surface area contributed by atoms with Gasteiger partial charge in [0.15, 0.2) is 24.8 Å². The maximum atomic E-state index is 11.7. The van der Waals surface area contributed by atoms with Crippen LogP contribution in [0.4, 0.5) is 0 Å². The Hall–Kier alpha value is -2.00. The van der Waals surface area contributed by atoms with Crippen LogP contribution in [0.1, 0.15) is 31.3 Å². The van der Waals surface area contributed by atoms with Crippen LogP contribution in [0.25, 0.3) is 0 Å². The molecule has 0 radical (unpaired) electrons. The largest absolute Gasteiger partial charge is 0.455 e. The van der Waals surface area contributed by atoms with E-state index in [9.17, 15) is 9.59 Å². The summed E-state index contributed by atoms with van der Waals surface area (Å²) < 4.78 is 33.7. The van der Waals surface area contributed by atoms with Crippen molar-refractivity contribution in [2.24, 2.45) is 0 Å². The van der Waals surface area contributed by atoms with Crippen molar-refractivity contribution in [2.45, 2.75) is 57.8 Å². The van der Waals surface area contributed by atoms with Gasteiger partial charge in [-0.2, -0.15) is 0 Å². The SMILES string of the molecule is CO[C@@H]1O[C@@H]2COC(c3ccc(C)cc3)O[C@H]2[C@H](OC(C)=O)[C@H]1OC(C)=O. The van der Waals surface area contributed by atoms with Gasteiger partial charge in [-0.15, -0.1) is 0 Å². The van der Waals surface area contributed by atoms with E-state index in [4.69, 9.17) is 28.4 Å². The van der Waals surface area contributed by atoms with Crippen LogP contribution in [0.5, 0.6) is 0 Å². The van der Waals surface area contributed by atoms with Crippen molar-refractivity contribution in [1.29, 1.82) is 0 Å². The van der Waals surface area contributed by atoms with Crippen molar-refractivity contribution in [1.82, 2.24) is 0 Å². The molecular weight excluding hydrogens is 356 g/mol. The summed E-state index contributed by atoms with van der Waals surface area (Å²) in [6.07, 6.45) is -4.59. The number of esters is 2. The number of hydrogen-bond acceptors (Lipinski definition) is 8. The topological polar surface area (TPSA) is 89.5 Å². The van der Waals surface area contributed by atoms with Gasteiger partial charge in [0.25, 0.3) is 0 Å². The van der Waals surface area contributed by atoms with Gasteiger partial charge in [0.05, 0.1) is 6.61 Å². The molecule has 27 heavy (non-hydrogen) atoms. The molecule has 2 aliphatic heterocycles. The lowest BCUT2D eigenvalue weighted by atomic mass is 9.97. The Bertz CT molecular complexity index is 673. The molecule has 8 heteroatoms. The average molecular weight is 380 g/mol. The second-order valence-electron chi connectivity index (χ2n) is 6.60. The number of methoxy groups -OCH3 is 1. The first-order valence-electron chi connectivity index (χ1n) is 8.75. The molecule has 0 amide bonds. The summed E-state index contributed by atoms with van der Waals surface area (Å²) in [6, 6.07) is 7.73. The van der Waals surface area contributed by atoms with Gasteiger partial charge in [0.2, 0.25) is 0 Å². The van der Waals surface area contributed by atoms with Gasteiger partial charge in [-0.3, -0.25) is 9.59 Å². The zero-order valence-electron chi connectivity index (χ0n) is 15.7. The Labute approximate surface area is 157 Å². The van der Waals surface area contributed by atoms with E-state index in [-0.39, 0.29) is 6.61 Å². The molecule has 2 heterocycles. The molecule has 0 saturated carbocycles. The molecule has 2 aliphatic rings. The minimum atomic E-state index is -0.950. The quantitative estimate of drug-likeness (QED) is 0.729. The molecule has 2 saturated heterocycles. The molecule has 1 unspecified atom stereocenters. The smallest absolute Gasteiger partial charge is 0.303 e. The molecule has 0 spiro atoms. The molecule has 8 nitrogen and oxygen atoms in total. The van der Waals surface area contributed by atoms with Crippen LogP contribution in [0.15, 0.2) is 24.3 Å². The van der Waals surface area contributed by atoms with Crippen molar-refractivity contribution in [3.63, 3.8) is 0 Å². The Morgan fingerprint density at radius 2 is 1.63 bits per heavy atom. The first-order valence-corrected chi connectivity index (χ1v) is 8.75. The predicted molar refractivity (Wildman–Crippen MR) is 91.5 cm³/mol. The normalized spacial score (nSPS) is 33.0. The first-order chi connectivity index (χ1) is 12.9. The molecule has 0 N–H and O–H groups in total. The van der Waals surface area contributed by atoms with Crippen LogP contribution >= 0.6 is 0 Å². The highest BCUT2D eigenvalue weighted by Gasteiger charge is 2.53. The highest BCUT2D eigenvalue weighted by atomic mass is 16.8. The van der Waals surface area contributed by atoms with Crippen molar-refractivity contribution < 1.29 is 38.0 Å². The monoisotopic (exact) mass is 380 g/mol. The third-order valence-electron chi connectivity index (χ3n) is 4.47. The second-order valence-corrected chi connectivity index (χ2v) is 6.60. The number of fused-ring (bicyclic) bond motifs is 1. The summed E-state index contributed by atoms with van der Waals surface area (Å²) in [5.74, 6) is -1.06. The van der Waals surface area contributed by atoms with Gasteiger partial charge in [0, 0.05) is 26.5 Å². The number of rotatable bonds is 4. The van der Waals surface area contributed by atoms with Gasteiger partial charge in [-0.1, -0.05) is 29.8 Å². The van der Waals surface area contributed by atoms with E-state index in [2.05, 4.69) is 0 Å². The van der Waals surface area contributed by atoms with Crippen LogP contribution in [0.2, 0.25) is 0 Å². The number of aryl methyl sites for hydroxylation is 1. The molecule has 3 rings (SSSR count). The van der Waals surface area contributed by atoms with Crippen LogP contribution in [0.3, 0.4) is 0 Å². The van der Waals surface area contributed by atoms with Crippen molar-refractivity contribution in [2.75, 3.05) is 13.7 Å². The van der Waals surface area contributed by atoms with E-state index in [0.717, 1.165) is 11.1 Å². The molecule has 148 valence electrons. The van der Waals surface area contributed by atoms with Crippen LogP contribution in [-0.2, 0) is 38.0 Å².